The van der Waals surface area contributed by atoms with Gasteiger partial charge in [0.15, 0.2) is 17.3 Å². The molecule has 9 heteroatoms. The maximum absolute atomic E-state index is 12.0. The predicted octanol–water partition coefficient (Wildman–Crippen LogP) is 0.897. The summed E-state index contributed by atoms with van der Waals surface area (Å²) in [5.41, 5.74) is 6.30. The van der Waals surface area contributed by atoms with E-state index in [1.165, 1.54) is 0 Å². The molecule has 4 rings (SSSR count). The summed E-state index contributed by atoms with van der Waals surface area (Å²) in [6, 6.07) is 6.56. The third kappa shape index (κ3) is 3.26. The lowest BCUT2D eigenvalue weighted by Crippen LogP contribution is -2.53. The molecular weight excluding hydrogens is 330 g/mol. The highest BCUT2D eigenvalue weighted by molar-refractivity contribution is 5.81. The average molecular weight is 345 g/mol. The quantitative estimate of drug-likeness (QED) is 0.786. The van der Waals surface area contributed by atoms with Gasteiger partial charge in [0.1, 0.15) is 18.3 Å². The van der Waals surface area contributed by atoms with Crippen LogP contribution in [0.5, 0.6) is 11.5 Å². The highest BCUT2D eigenvalue weighted by Gasteiger charge is 2.25. The molecule has 1 unspecified atom stereocenters. The van der Waals surface area contributed by atoms with Gasteiger partial charge >= 0.3 is 5.97 Å². The highest BCUT2D eigenvalue weighted by Crippen LogP contribution is 2.36. The molecule has 130 valence electrons. The summed E-state index contributed by atoms with van der Waals surface area (Å²) in [5, 5.41) is 3.90. The number of nitrogens with zero attached hydrogens (tertiary/aromatic N) is 1. The summed E-state index contributed by atoms with van der Waals surface area (Å²) in [5.74, 6) is 1.27. The average Bonchev–Trinajstić information content (AvgIpc) is 3.28. The SMILES string of the molecule is O=C1CCC(C(=O)OCc2cc(-c3ccc4c(c3)OCO4)on2)NN1. The van der Waals surface area contributed by atoms with E-state index < -0.39 is 12.0 Å². The summed E-state index contributed by atoms with van der Waals surface area (Å²) in [6.45, 7) is 0.186. The van der Waals surface area contributed by atoms with Crippen LogP contribution in [0.3, 0.4) is 0 Å². The van der Waals surface area contributed by atoms with Gasteiger partial charge in [-0.15, -0.1) is 0 Å². The van der Waals surface area contributed by atoms with Crippen molar-refractivity contribution in [3.8, 4) is 22.8 Å². The fourth-order valence-corrected chi connectivity index (χ4v) is 2.57. The van der Waals surface area contributed by atoms with Crippen molar-refractivity contribution in [3.63, 3.8) is 0 Å². The molecule has 3 heterocycles. The number of rotatable bonds is 4. The van der Waals surface area contributed by atoms with Crippen LogP contribution in [0.25, 0.3) is 11.3 Å². The van der Waals surface area contributed by atoms with E-state index in [1.807, 2.05) is 6.07 Å². The van der Waals surface area contributed by atoms with Crippen LogP contribution in [0, 0.1) is 0 Å². The highest BCUT2D eigenvalue weighted by atomic mass is 16.7. The van der Waals surface area contributed by atoms with Gasteiger partial charge in [0, 0.05) is 18.1 Å². The number of carbonyl (C=O) groups excluding carboxylic acids is 2. The van der Waals surface area contributed by atoms with Crippen LogP contribution in [0.4, 0.5) is 0 Å². The van der Waals surface area contributed by atoms with Crippen LogP contribution in [-0.2, 0) is 20.9 Å². The van der Waals surface area contributed by atoms with Crippen LogP contribution in [-0.4, -0.2) is 29.9 Å². The molecule has 1 aromatic carbocycles. The van der Waals surface area contributed by atoms with E-state index in [1.54, 1.807) is 18.2 Å². The normalized spacial score (nSPS) is 18.7. The summed E-state index contributed by atoms with van der Waals surface area (Å²) in [6.07, 6.45) is 0.677. The molecule has 1 amide bonds. The van der Waals surface area contributed by atoms with Gasteiger partial charge in [-0.1, -0.05) is 5.16 Å². The Morgan fingerprint density at radius 3 is 3.00 bits per heavy atom. The second-order valence-electron chi connectivity index (χ2n) is 5.64. The van der Waals surface area contributed by atoms with Crippen LogP contribution < -0.4 is 20.3 Å². The predicted molar refractivity (Wildman–Crippen MR) is 82.2 cm³/mol. The van der Waals surface area contributed by atoms with Crippen molar-refractivity contribution in [2.24, 2.45) is 0 Å². The van der Waals surface area contributed by atoms with Gasteiger partial charge in [-0.3, -0.25) is 15.0 Å². The molecule has 9 nitrogen and oxygen atoms in total. The molecule has 0 spiro atoms. The lowest BCUT2D eigenvalue weighted by atomic mass is 10.1. The maximum atomic E-state index is 12.0. The van der Waals surface area contributed by atoms with Gasteiger partial charge in [0.05, 0.1) is 0 Å². The number of esters is 1. The van der Waals surface area contributed by atoms with Crippen LogP contribution in [0.1, 0.15) is 18.5 Å². The van der Waals surface area contributed by atoms with Gasteiger partial charge in [-0.05, 0) is 24.6 Å². The minimum Gasteiger partial charge on any atom is -0.458 e. The number of nitrogens with one attached hydrogen (secondary N) is 2. The Kier molecular flexibility index (Phi) is 3.98. The van der Waals surface area contributed by atoms with Crippen molar-refractivity contribution >= 4 is 11.9 Å². The van der Waals surface area contributed by atoms with Gasteiger partial charge in [-0.2, -0.15) is 0 Å². The molecular formula is C16H15N3O6. The summed E-state index contributed by atoms with van der Waals surface area (Å²) < 4.78 is 21.1. The van der Waals surface area contributed by atoms with Gasteiger partial charge in [0.2, 0.25) is 12.7 Å². The minimum absolute atomic E-state index is 0.0149. The molecule has 2 aliphatic rings. The van der Waals surface area contributed by atoms with Crippen molar-refractivity contribution < 1.29 is 28.3 Å². The number of hydrogen-bond donors (Lipinski definition) is 2. The first-order valence-electron chi connectivity index (χ1n) is 7.76. The lowest BCUT2D eigenvalue weighted by molar-refractivity contribution is -0.149. The number of hydrazine groups is 1. The fourth-order valence-electron chi connectivity index (χ4n) is 2.57. The van der Waals surface area contributed by atoms with Crippen molar-refractivity contribution in [3.05, 3.63) is 30.0 Å². The Labute approximate surface area is 142 Å². The standard InChI is InChI=1S/C16H15N3O6/c20-15-4-2-11(17-18-15)16(21)22-7-10-6-13(25-19-10)9-1-3-12-14(5-9)24-8-23-12/h1,3,5-6,11,17H,2,4,7-8H2,(H,18,20). The van der Waals surface area contributed by atoms with E-state index in [4.69, 9.17) is 18.7 Å². The number of ether oxygens (including phenoxy) is 3. The smallest absolute Gasteiger partial charge is 0.325 e. The lowest BCUT2D eigenvalue weighted by Gasteiger charge is -2.21. The molecule has 1 aromatic heterocycles. The maximum Gasteiger partial charge on any atom is 0.325 e. The first kappa shape index (κ1) is 15.5. The third-order valence-corrected chi connectivity index (χ3v) is 3.91. The van der Waals surface area contributed by atoms with E-state index >= 15 is 0 Å². The third-order valence-electron chi connectivity index (χ3n) is 3.91. The Morgan fingerprint density at radius 2 is 2.16 bits per heavy atom. The van der Waals surface area contributed by atoms with Crippen molar-refractivity contribution in [1.29, 1.82) is 0 Å². The van der Waals surface area contributed by atoms with E-state index in [9.17, 15) is 9.59 Å². The van der Waals surface area contributed by atoms with Crippen molar-refractivity contribution in [2.75, 3.05) is 6.79 Å². The second-order valence-corrected chi connectivity index (χ2v) is 5.64. The molecule has 2 aliphatic heterocycles. The molecule has 2 aromatic rings. The van der Waals surface area contributed by atoms with Crippen molar-refractivity contribution in [1.82, 2.24) is 16.0 Å². The Morgan fingerprint density at radius 1 is 1.28 bits per heavy atom. The number of amides is 1. The molecule has 0 saturated carbocycles. The van der Waals surface area contributed by atoms with Crippen molar-refractivity contribution in [2.45, 2.75) is 25.5 Å². The van der Waals surface area contributed by atoms with E-state index in [2.05, 4.69) is 16.0 Å². The molecule has 1 atom stereocenters. The van der Waals surface area contributed by atoms with Gasteiger partial charge in [0.25, 0.3) is 0 Å². The second kappa shape index (κ2) is 6.44. The summed E-state index contributed by atoms with van der Waals surface area (Å²) in [7, 11) is 0. The molecule has 0 radical (unpaired) electrons. The minimum atomic E-state index is -0.557. The molecule has 2 N–H and O–H groups in total. The largest absolute Gasteiger partial charge is 0.458 e. The van der Waals surface area contributed by atoms with Gasteiger partial charge in [-0.25, -0.2) is 5.43 Å². The number of aromatic nitrogens is 1. The van der Waals surface area contributed by atoms with E-state index in [-0.39, 0.29) is 25.7 Å². The van der Waals surface area contributed by atoms with Gasteiger partial charge < -0.3 is 18.7 Å². The first-order chi connectivity index (χ1) is 12.2. The van der Waals surface area contributed by atoms with Crippen LogP contribution in [0.2, 0.25) is 0 Å². The Bertz CT molecular complexity index is 808. The zero-order chi connectivity index (χ0) is 17.2. The molecule has 0 aliphatic carbocycles. The zero-order valence-electron chi connectivity index (χ0n) is 13.1. The molecule has 0 bridgehead atoms. The topological polar surface area (TPSA) is 112 Å². The monoisotopic (exact) mass is 345 g/mol. The summed E-state index contributed by atoms with van der Waals surface area (Å²) >= 11 is 0. The number of fused-ring (bicyclic) bond motifs is 1. The zero-order valence-corrected chi connectivity index (χ0v) is 13.1. The summed E-state index contributed by atoms with van der Waals surface area (Å²) in [4.78, 5) is 23.0. The number of carbonyl (C=O) groups is 2. The Hall–Kier alpha value is -3.07. The fraction of sp³-hybridized carbons (Fsp3) is 0.312. The first-order valence-corrected chi connectivity index (χ1v) is 7.76. The molecule has 1 saturated heterocycles. The van der Waals surface area contributed by atoms with E-state index in [0.29, 0.717) is 29.4 Å². The van der Waals surface area contributed by atoms with Crippen LogP contribution in [0.15, 0.2) is 28.8 Å². The Balaban J connectivity index is 1.37. The molecule has 25 heavy (non-hydrogen) atoms. The number of hydrogen-bond acceptors (Lipinski definition) is 8. The number of benzene rings is 1. The van der Waals surface area contributed by atoms with Crippen LogP contribution >= 0.6 is 0 Å². The molecule has 1 fully saturated rings. The van der Waals surface area contributed by atoms with E-state index in [0.717, 1.165) is 5.56 Å².